The van der Waals surface area contributed by atoms with Gasteiger partial charge in [0.15, 0.2) is 11.3 Å². The fourth-order valence-electron chi connectivity index (χ4n) is 4.20. The highest BCUT2D eigenvalue weighted by molar-refractivity contribution is 5.76. The number of H-pyrrole nitrogens is 1. The van der Waals surface area contributed by atoms with Crippen LogP contribution < -0.4 is 5.32 Å². The van der Waals surface area contributed by atoms with Crippen molar-refractivity contribution in [2.75, 3.05) is 13.1 Å². The molecule has 0 aromatic carbocycles. The molecule has 1 saturated carbocycles. The molecule has 0 radical (unpaired) electrons. The molecule has 4 heterocycles. The summed E-state index contributed by atoms with van der Waals surface area (Å²) in [6.07, 6.45) is 8.06. The summed E-state index contributed by atoms with van der Waals surface area (Å²) in [5.41, 5.74) is 2.55. The van der Waals surface area contributed by atoms with Crippen LogP contribution in [-0.2, 0) is 0 Å². The normalized spacial score (nSPS) is 23.7. The lowest BCUT2D eigenvalue weighted by molar-refractivity contribution is 0.194. The molecule has 136 valence electrons. The van der Waals surface area contributed by atoms with Crippen LogP contribution in [0.25, 0.3) is 16.8 Å². The van der Waals surface area contributed by atoms with E-state index in [0.29, 0.717) is 18.5 Å². The number of carbonyl (C=O) groups is 1. The van der Waals surface area contributed by atoms with Gasteiger partial charge in [-0.05, 0) is 31.2 Å². The van der Waals surface area contributed by atoms with Gasteiger partial charge in [-0.1, -0.05) is 13.3 Å². The van der Waals surface area contributed by atoms with Crippen molar-refractivity contribution >= 4 is 22.8 Å². The first kappa shape index (κ1) is 15.6. The Balaban J connectivity index is 1.47. The van der Waals surface area contributed by atoms with Crippen LogP contribution in [0.15, 0.2) is 18.5 Å². The number of amides is 2. The van der Waals surface area contributed by atoms with Crippen molar-refractivity contribution in [3.05, 3.63) is 24.3 Å². The number of hydrogen-bond acceptors (Lipinski definition) is 4. The molecule has 3 aromatic heterocycles. The lowest BCUT2D eigenvalue weighted by Gasteiger charge is -2.29. The van der Waals surface area contributed by atoms with E-state index in [1.165, 1.54) is 6.42 Å². The number of aromatic amines is 1. The predicted octanol–water partition coefficient (Wildman–Crippen LogP) is 2.29. The Morgan fingerprint density at radius 2 is 2.23 bits per heavy atom. The van der Waals surface area contributed by atoms with Gasteiger partial charge in [0.25, 0.3) is 0 Å². The number of rotatable bonds is 3. The zero-order chi connectivity index (χ0) is 17.7. The number of hydrogen-bond donors (Lipinski definition) is 2. The van der Waals surface area contributed by atoms with Gasteiger partial charge in [0.1, 0.15) is 5.82 Å². The summed E-state index contributed by atoms with van der Waals surface area (Å²) in [6.45, 7) is 3.64. The van der Waals surface area contributed by atoms with E-state index in [4.69, 9.17) is 0 Å². The minimum absolute atomic E-state index is 0.0675. The van der Waals surface area contributed by atoms with Crippen LogP contribution in [-0.4, -0.2) is 54.6 Å². The third kappa shape index (κ3) is 2.35. The lowest BCUT2D eigenvalue weighted by Crippen LogP contribution is -2.46. The van der Waals surface area contributed by atoms with Crippen LogP contribution >= 0.6 is 0 Å². The van der Waals surface area contributed by atoms with Crippen LogP contribution in [0, 0.1) is 5.92 Å². The van der Waals surface area contributed by atoms with Crippen molar-refractivity contribution in [1.29, 1.82) is 0 Å². The van der Waals surface area contributed by atoms with Crippen LogP contribution in [0.5, 0.6) is 0 Å². The highest BCUT2D eigenvalue weighted by atomic mass is 16.2. The molecule has 2 fully saturated rings. The number of aromatic nitrogens is 5. The van der Waals surface area contributed by atoms with Gasteiger partial charge in [-0.25, -0.2) is 9.78 Å². The number of likely N-dealkylation sites (tertiary alicyclic amines) is 1. The third-order valence-corrected chi connectivity index (χ3v) is 5.98. The molecular weight excluding hydrogens is 330 g/mol. The second kappa shape index (κ2) is 5.96. The summed E-state index contributed by atoms with van der Waals surface area (Å²) in [5.74, 6) is 1.50. The van der Waals surface area contributed by atoms with E-state index in [0.717, 1.165) is 48.4 Å². The average Bonchev–Trinajstić information content (AvgIpc) is 3.32. The molecule has 8 heteroatoms. The number of nitrogens with one attached hydrogen (secondary N) is 2. The molecule has 2 amide bonds. The lowest BCUT2D eigenvalue weighted by atomic mass is 9.93. The fourth-order valence-corrected chi connectivity index (χ4v) is 4.20. The summed E-state index contributed by atoms with van der Waals surface area (Å²) in [4.78, 5) is 22.1. The molecule has 2 N–H and O–H groups in total. The van der Waals surface area contributed by atoms with Crippen LogP contribution in [0.4, 0.5) is 4.79 Å². The summed E-state index contributed by atoms with van der Waals surface area (Å²) in [5, 5.41) is 12.0. The number of urea groups is 1. The van der Waals surface area contributed by atoms with Gasteiger partial charge in [-0.15, -0.1) is 10.2 Å². The van der Waals surface area contributed by atoms with Gasteiger partial charge in [0, 0.05) is 31.2 Å². The molecule has 2 unspecified atom stereocenters. The van der Waals surface area contributed by atoms with E-state index in [1.807, 2.05) is 17.2 Å². The summed E-state index contributed by atoms with van der Waals surface area (Å²) in [7, 11) is 0. The molecular formula is C18H23N7O. The fraction of sp³-hybridized carbons (Fsp3) is 0.556. The van der Waals surface area contributed by atoms with Crippen molar-refractivity contribution in [1.82, 2.24) is 34.8 Å². The van der Waals surface area contributed by atoms with Crippen molar-refractivity contribution in [3.63, 3.8) is 0 Å². The highest BCUT2D eigenvalue weighted by Crippen LogP contribution is 2.35. The van der Waals surface area contributed by atoms with E-state index in [2.05, 4.69) is 36.8 Å². The first-order valence-corrected chi connectivity index (χ1v) is 9.47. The minimum atomic E-state index is 0.0675. The molecule has 1 aliphatic carbocycles. The standard InChI is InChI=1S/C18H23N7O/c1-2-11-9-24(18(26)21-12-4-3-5-12)10-13(11)17-23-22-15-8-20-16-14(25(15)17)6-7-19-16/h6-8,11-13,19H,2-5,9-10H2,1H3,(H,21,26). The van der Waals surface area contributed by atoms with Crippen molar-refractivity contribution in [2.24, 2.45) is 5.92 Å². The van der Waals surface area contributed by atoms with Gasteiger partial charge in [-0.3, -0.25) is 4.40 Å². The van der Waals surface area contributed by atoms with Gasteiger partial charge >= 0.3 is 6.03 Å². The molecule has 3 aromatic rings. The SMILES string of the molecule is CCC1CN(C(=O)NC2CCC2)CC1c1nnc2cnc3[nH]ccc3n12. The van der Waals surface area contributed by atoms with Gasteiger partial charge in [0.2, 0.25) is 0 Å². The monoisotopic (exact) mass is 353 g/mol. The second-order valence-electron chi connectivity index (χ2n) is 7.48. The molecule has 1 aliphatic heterocycles. The maximum absolute atomic E-state index is 12.6. The Bertz CT molecular complexity index is 957. The summed E-state index contributed by atoms with van der Waals surface area (Å²) in [6, 6.07) is 2.43. The summed E-state index contributed by atoms with van der Waals surface area (Å²) >= 11 is 0. The first-order chi connectivity index (χ1) is 12.7. The van der Waals surface area contributed by atoms with E-state index in [1.54, 1.807) is 6.20 Å². The molecule has 5 rings (SSSR count). The molecule has 8 nitrogen and oxygen atoms in total. The molecule has 1 saturated heterocycles. The Hall–Kier alpha value is -2.64. The Labute approximate surface area is 151 Å². The molecule has 0 spiro atoms. The minimum Gasteiger partial charge on any atom is -0.345 e. The van der Waals surface area contributed by atoms with E-state index >= 15 is 0 Å². The third-order valence-electron chi connectivity index (χ3n) is 5.98. The largest absolute Gasteiger partial charge is 0.345 e. The number of fused-ring (bicyclic) bond motifs is 3. The smallest absolute Gasteiger partial charge is 0.317 e. The molecule has 0 bridgehead atoms. The van der Waals surface area contributed by atoms with E-state index in [-0.39, 0.29) is 11.9 Å². The van der Waals surface area contributed by atoms with E-state index in [9.17, 15) is 4.79 Å². The van der Waals surface area contributed by atoms with Crippen molar-refractivity contribution < 1.29 is 4.79 Å². The van der Waals surface area contributed by atoms with Crippen molar-refractivity contribution in [2.45, 2.75) is 44.6 Å². The van der Waals surface area contributed by atoms with Crippen molar-refractivity contribution in [3.8, 4) is 0 Å². The number of nitrogens with zero attached hydrogens (tertiary/aromatic N) is 5. The van der Waals surface area contributed by atoms with Crippen LogP contribution in [0.1, 0.15) is 44.3 Å². The Morgan fingerprint density at radius 1 is 1.35 bits per heavy atom. The Kier molecular flexibility index (Phi) is 3.58. The predicted molar refractivity (Wildman–Crippen MR) is 96.9 cm³/mol. The zero-order valence-electron chi connectivity index (χ0n) is 14.9. The first-order valence-electron chi connectivity index (χ1n) is 9.47. The Morgan fingerprint density at radius 3 is 3.00 bits per heavy atom. The van der Waals surface area contributed by atoms with Crippen LogP contribution in [0.2, 0.25) is 0 Å². The molecule has 2 aliphatic rings. The maximum atomic E-state index is 12.6. The second-order valence-corrected chi connectivity index (χ2v) is 7.48. The maximum Gasteiger partial charge on any atom is 0.317 e. The highest BCUT2D eigenvalue weighted by Gasteiger charge is 2.38. The topological polar surface area (TPSA) is 91.2 Å². The molecule has 2 atom stereocenters. The van der Waals surface area contributed by atoms with Gasteiger partial charge < -0.3 is 15.2 Å². The van der Waals surface area contributed by atoms with Gasteiger partial charge in [-0.2, -0.15) is 0 Å². The number of carbonyl (C=O) groups excluding carboxylic acids is 1. The van der Waals surface area contributed by atoms with Crippen LogP contribution in [0.3, 0.4) is 0 Å². The van der Waals surface area contributed by atoms with Gasteiger partial charge in [0.05, 0.1) is 11.7 Å². The zero-order valence-corrected chi connectivity index (χ0v) is 14.9. The molecule has 26 heavy (non-hydrogen) atoms. The summed E-state index contributed by atoms with van der Waals surface area (Å²) < 4.78 is 2.08. The average molecular weight is 353 g/mol. The van der Waals surface area contributed by atoms with E-state index < -0.39 is 0 Å². The quantitative estimate of drug-likeness (QED) is 0.756.